The number of halogens is 2. The van der Waals surface area contributed by atoms with Gasteiger partial charge in [0, 0.05) is 62.9 Å². The van der Waals surface area contributed by atoms with Crippen LogP contribution < -0.4 is 16.9 Å². The summed E-state index contributed by atoms with van der Waals surface area (Å²) in [6, 6.07) is 9.23. The maximum Gasteiger partial charge on any atom is 0.306 e. The molecule has 2 aliphatic rings. The molecule has 4 aromatic rings. The minimum absolute atomic E-state index is 0.122. The number of ether oxygens (including phenoxy) is 1. The number of fused-ring (bicyclic) bond motifs is 2. The molecule has 6 heterocycles. The number of carbonyl (C=O) groups excluding carboxylic acids is 1. The van der Waals surface area contributed by atoms with Crippen molar-refractivity contribution < 1.29 is 18.3 Å². The first-order valence-electron chi connectivity index (χ1n) is 17.1. The molecule has 2 aliphatic heterocycles. The first-order chi connectivity index (χ1) is 23.3. The molecule has 2 saturated heterocycles. The predicted octanol–water partition coefficient (Wildman–Crippen LogP) is 3.94. The third-order valence-electron chi connectivity index (χ3n) is 9.10. The Kier molecular flexibility index (Phi) is 11.9. The highest BCUT2D eigenvalue weighted by molar-refractivity contribution is 5.75. The monoisotopic (exact) mass is 679 g/mol. The van der Waals surface area contributed by atoms with Gasteiger partial charge in [0.05, 0.1) is 34.5 Å². The van der Waals surface area contributed by atoms with E-state index >= 15 is 0 Å². The molecule has 0 saturated carbocycles. The Bertz CT molecular complexity index is 1860. The molecule has 264 valence electrons. The maximum atomic E-state index is 13.6. The van der Waals surface area contributed by atoms with Gasteiger partial charge in [0.1, 0.15) is 17.2 Å². The number of likely N-dealkylation sites (tertiary alicyclic amines) is 2. The van der Waals surface area contributed by atoms with E-state index in [2.05, 4.69) is 19.8 Å². The smallest absolute Gasteiger partial charge is 0.306 e. The molecule has 0 unspecified atom stereocenters. The molecule has 0 bridgehead atoms. The number of rotatable bonds is 8. The summed E-state index contributed by atoms with van der Waals surface area (Å²) in [6.45, 7) is 11.8. The molecule has 0 atom stereocenters. The second-order valence-electron chi connectivity index (χ2n) is 14.0. The normalized spacial score (nSPS) is 16.9. The number of hydrogen-bond acceptors (Lipinski definition) is 9. The molecule has 49 heavy (non-hydrogen) atoms. The summed E-state index contributed by atoms with van der Waals surface area (Å²) in [7, 11) is 0. The Hall–Kier alpha value is -4.07. The van der Waals surface area contributed by atoms with Crippen LogP contribution in [0.3, 0.4) is 0 Å². The lowest BCUT2D eigenvalue weighted by molar-refractivity contribution is -0.156. The maximum absolute atomic E-state index is 13.6. The van der Waals surface area contributed by atoms with E-state index < -0.39 is 17.2 Å². The molecule has 6 rings (SSSR count). The van der Waals surface area contributed by atoms with E-state index in [1.807, 2.05) is 20.8 Å². The fraction of sp³-hybridized carbons (Fsp3) is 0.528. The van der Waals surface area contributed by atoms with E-state index in [9.17, 15) is 23.2 Å². The number of piperidine rings is 2. The molecule has 0 aliphatic carbocycles. The van der Waals surface area contributed by atoms with Gasteiger partial charge in [0.25, 0.3) is 11.1 Å². The Morgan fingerprint density at radius 2 is 1.22 bits per heavy atom. The second-order valence-corrected chi connectivity index (χ2v) is 14.0. The van der Waals surface area contributed by atoms with Crippen molar-refractivity contribution in [1.29, 1.82) is 0 Å². The zero-order chi connectivity index (χ0) is 35.1. The minimum Gasteiger partial charge on any atom is -0.460 e. The summed E-state index contributed by atoms with van der Waals surface area (Å²) in [4.78, 5) is 48.9. The number of esters is 1. The van der Waals surface area contributed by atoms with E-state index in [0.29, 0.717) is 60.1 Å². The third kappa shape index (κ3) is 10.2. The number of pyridine rings is 4. The molecular weight excluding hydrogens is 632 g/mol. The molecular formula is C36H47F2N7O4. The Balaban J connectivity index is 0.000000199. The summed E-state index contributed by atoms with van der Waals surface area (Å²) in [5, 5.41) is 0. The van der Waals surface area contributed by atoms with Crippen LogP contribution in [0.5, 0.6) is 0 Å². The Morgan fingerprint density at radius 1 is 0.776 bits per heavy atom. The van der Waals surface area contributed by atoms with Crippen LogP contribution in [0.4, 0.5) is 8.78 Å². The molecule has 0 spiro atoms. The third-order valence-corrected chi connectivity index (χ3v) is 9.10. The fourth-order valence-electron chi connectivity index (χ4n) is 6.44. The highest BCUT2D eigenvalue weighted by atomic mass is 19.1. The van der Waals surface area contributed by atoms with E-state index in [1.54, 1.807) is 21.3 Å². The van der Waals surface area contributed by atoms with Gasteiger partial charge in [-0.2, -0.15) is 0 Å². The number of nitrogens with zero attached hydrogens (tertiary/aromatic N) is 6. The molecule has 0 aromatic carbocycles. The summed E-state index contributed by atoms with van der Waals surface area (Å²) in [6.07, 6.45) is 6.62. The number of aromatic nitrogens is 4. The molecule has 13 heteroatoms. The van der Waals surface area contributed by atoms with Gasteiger partial charge in [-0.25, -0.2) is 8.78 Å². The summed E-state index contributed by atoms with van der Waals surface area (Å²) < 4.78 is 35.5. The van der Waals surface area contributed by atoms with Crippen LogP contribution in [0.2, 0.25) is 0 Å². The van der Waals surface area contributed by atoms with Crippen LogP contribution >= 0.6 is 0 Å². The Labute approximate surface area is 284 Å². The molecule has 0 radical (unpaired) electrons. The number of carbonyl (C=O) groups is 1. The van der Waals surface area contributed by atoms with Crippen molar-refractivity contribution in [2.24, 2.45) is 11.7 Å². The fourth-order valence-corrected chi connectivity index (χ4v) is 6.44. The second kappa shape index (κ2) is 16.1. The zero-order valence-electron chi connectivity index (χ0n) is 28.6. The molecule has 2 fully saturated rings. The van der Waals surface area contributed by atoms with Crippen molar-refractivity contribution in [3.05, 3.63) is 81.1 Å². The van der Waals surface area contributed by atoms with Crippen molar-refractivity contribution in [1.82, 2.24) is 28.9 Å². The lowest BCUT2D eigenvalue weighted by Crippen LogP contribution is -2.41. The van der Waals surface area contributed by atoms with Gasteiger partial charge in [-0.3, -0.25) is 24.4 Å². The van der Waals surface area contributed by atoms with Crippen molar-refractivity contribution in [2.45, 2.75) is 77.6 Å². The largest absolute Gasteiger partial charge is 0.460 e. The van der Waals surface area contributed by atoms with E-state index in [-0.39, 0.29) is 17.1 Å². The van der Waals surface area contributed by atoms with Crippen LogP contribution in [0.25, 0.3) is 22.1 Å². The summed E-state index contributed by atoms with van der Waals surface area (Å²) >= 11 is 0. The summed E-state index contributed by atoms with van der Waals surface area (Å²) in [5.74, 6) is -0.673. The van der Waals surface area contributed by atoms with Gasteiger partial charge in [0.2, 0.25) is 0 Å². The topological polar surface area (TPSA) is 129 Å². The van der Waals surface area contributed by atoms with Crippen LogP contribution in [-0.4, -0.2) is 85.8 Å². The van der Waals surface area contributed by atoms with Crippen LogP contribution in [0, 0.1) is 17.6 Å². The molecule has 2 N–H and O–H groups in total. The molecule has 11 nitrogen and oxygen atoms in total. The quantitative estimate of drug-likeness (QED) is 0.276. The summed E-state index contributed by atoms with van der Waals surface area (Å²) in [5.41, 5.74) is 7.48. The first-order valence-corrected chi connectivity index (χ1v) is 17.1. The van der Waals surface area contributed by atoms with Crippen LogP contribution in [0.1, 0.15) is 52.9 Å². The van der Waals surface area contributed by atoms with Crippen molar-refractivity contribution in [2.75, 3.05) is 39.3 Å². The van der Waals surface area contributed by atoms with Crippen molar-refractivity contribution in [3.8, 4) is 0 Å². The van der Waals surface area contributed by atoms with E-state index in [0.717, 1.165) is 64.6 Å². The van der Waals surface area contributed by atoms with Gasteiger partial charge < -0.3 is 29.4 Å². The van der Waals surface area contributed by atoms with Gasteiger partial charge in [-0.15, -0.1) is 0 Å². The standard InChI is InChI=1S/C21H28FN3O3.C15H19FN4O/c1-21(2,3)28-20(27)12-15-6-8-24(9-7-15)10-11-25-18-13-16(22)14-23-17(18)4-5-19(25)26;16-11-9-14-13(18-10-11)1-2-15(21)20(14)8-7-19-5-3-12(17)4-6-19/h4-5,13-15H,6-12H2,1-3H3;1-2,9-10,12H,3-8,17H2. The van der Waals surface area contributed by atoms with Crippen molar-refractivity contribution >= 4 is 28.0 Å². The number of hydrogen-bond donors (Lipinski definition) is 1. The van der Waals surface area contributed by atoms with Crippen molar-refractivity contribution in [3.63, 3.8) is 0 Å². The minimum atomic E-state index is -0.449. The van der Waals surface area contributed by atoms with E-state index in [1.165, 1.54) is 30.5 Å². The van der Waals surface area contributed by atoms with E-state index in [4.69, 9.17) is 10.5 Å². The average Bonchev–Trinajstić information content (AvgIpc) is 3.05. The average molecular weight is 680 g/mol. The first kappa shape index (κ1) is 36.2. The Morgan fingerprint density at radius 3 is 1.67 bits per heavy atom. The zero-order valence-corrected chi connectivity index (χ0v) is 28.6. The van der Waals surface area contributed by atoms with Crippen LogP contribution in [-0.2, 0) is 22.6 Å². The van der Waals surface area contributed by atoms with Gasteiger partial charge >= 0.3 is 5.97 Å². The highest BCUT2D eigenvalue weighted by Crippen LogP contribution is 2.22. The van der Waals surface area contributed by atoms with Gasteiger partial charge in [-0.05, 0) is 90.7 Å². The SMILES string of the molecule is CC(C)(C)OC(=O)CC1CCN(CCn2c(=O)ccc3ncc(F)cc32)CC1.NC1CCN(CCn2c(=O)ccc3ncc(F)cc32)CC1. The van der Waals surface area contributed by atoms with Crippen LogP contribution in [0.15, 0.2) is 58.4 Å². The highest BCUT2D eigenvalue weighted by Gasteiger charge is 2.24. The van der Waals surface area contributed by atoms with Gasteiger partial charge in [-0.1, -0.05) is 0 Å². The predicted molar refractivity (Wildman–Crippen MR) is 185 cm³/mol. The lowest BCUT2D eigenvalue weighted by atomic mass is 9.93. The molecule has 4 aromatic heterocycles. The lowest BCUT2D eigenvalue weighted by Gasteiger charge is -2.32. The van der Waals surface area contributed by atoms with Gasteiger partial charge in [0.15, 0.2) is 0 Å². The number of nitrogens with two attached hydrogens (primary N) is 1. The molecule has 0 amide bonds.